The molecule has 3 aromatic rings. The second kappa shape index (κ2) is 8.45. The van der Waals surface area contributed by atoms with Gasteiger partial charge in [0, 0.05) is 40.0 Å². The van der Waals surface area contributed by atoms with Crippen LogP contribution in [0.3, 0.4) is 0 Å². The van der Waals surface area contributed by atoms with Gasteiger partial charge in [0.15, 0.2) is 0 Å². The predicted octanol–water partition coefficient (Wildman–Crippen LogP) is 4.65. The molecule has 7 heteroatoms. The van der Waals surface area contributed by atoms with E-state index >= 15 is 0 Å². The number of hydrogen-bond donors (Lipinski definition) is 0. The van der Waals surface area contributed by atoms with Crippen molar-refractivity contribution in [3.05, 3.63) is 86.4 Å². The summed E-state index contributed by atoms with van der Waals surface area (Å²) in [4.78, 5) is 21.3. The standard InChI is InChI=1S/C21H19ClFN3OS/c22-17-7-3-8-18(23)16(17)13-28-20-15-6-1-2-9-19(15)26(21(27)25-20)12-14-5-4-10-24-11-14/h3-5,7-8,10-11H,1-2,6,9,12-13H2. The van der Waals surface area contributed by atoms with Crippen molar-refractivity contribution >= 4 is 23.4 Å². The molecule has 2 heterocycles. The number of pyridine rings is 1. The zero-order valence-electron chi connectivity index (χ0n) is 15.2. The molecule has 4 nitrogen and oxygen atoms in total. The summed E-state index contributed by atoms with van der Waals surface area (Å²) in [5.41, 5.74) is 3.29. The molecule has 0 saturated carbocycles. The van der Waals surface area contributed by atoms with Gasteiger partial charge in [-0.25, -0.2) is 9.18 Å². The minimum Gasteiger partial charge on any atom is -0.291 e. The Hall–Kier alpha value is -2.18. The lowest BCUT2D eigenvalue weighted by molar-refractivity contribution is 0.569. The van der Waals surface area contributed by atoms with E-state index in [1.165, 1.54) is 17.8 Å². The summed E-state index contributed by atoms with van der Waals surface area (Å²) in [6.07, 6.45) is 7.32. The molecule has 0 unspecified atom stereocenters. The zero-order valence-corrected chi connectivity index (χ0v) is 16.8. The van der Waals surface area contributed by atoms with Crippen LogP contribution in [0.15, 0.2) is 52.5 Å². The topological polar surface area (TPSA) is 47.8 Å². The number of hydrogen-bond acceptors (Lipinski definition) is 4. The maximum absolute atomic E-state index is 14.1. The first-order valence-electron chi connectivity index (χ1n) is 9.20. The molecule has 0 aliphatic heterocycles. The molecule has 0 spiro atoms. The Bertz CT molecular complexity index is 1040. The van der Waals surface area contributed by atoms with E-state index in [2.05, 4.69) is 9.97 Å². The van der Waals surface area contributed by atoms with Gasteiger partial charge < -0.3 is 0 Å². The molecule has 0 saturated heterocycles. The fourth-order valence-corrected chi connectivity index (χ4v) is 4.94. The molecule has 0 atom stereocenters. The molecule has 0 fully saturated rings. The molecule has 0 radical (unpaired) electrons. The molecule has 0 bridgehead atoms. The quantitative estimate of drug-likeness (QED) is 0.449. The highest BCUT2D eigenvalue weighted by molar-refractivity contribution is 7.98. The second-order valence-electron chi connectivity index (χ2n) is 6.77. The SMILES string of the molecule is O=c1nc(SCc2c(F)cccc2Cl)c2c(n1Cc1cccnc1)CCCC2. The van der Waals surface area contributed by atoms with E-state index in [-0.39, 0.29) is 11.5 Å². The fraction of sp³-hybridized carbons (Fsp3) is 0.286. The van der Waals surface area contributed by atoms with Gasteiger partial charge in [-0.1, -0.05) is 23.7 Å². The van der Waals surface area contributed by atoms with Crippen molar-refractivity contribution in [2.24, 2.45) is 0 Å². The Morgan fingerprint density at radius 1 is 1.18 bits per heavy atom. The van der Waals surface area contributed by atoms with E-state index in [1.54, 1.807) is 29.1 Å². The number of halogens is 2. The Morgan fingerprint density at radius 2 is 2.04 bits per heavy atom. The molecular formula is C21H19ClFN3OS. The lowest BCUT2D eigenvalue weighted by Gasteiger charge is -2.22. The van der Waals surface area contributed by atoms with Gasteiger partial charge in [-0.05, 0) is 49.4 Å². The van der Waals surface area contributed by atoms with Crippen molar-refractivity contribution < 1.29 is 4.39 Å². The first-order valence-corrected chi connectivity index (χ1v) is 10.6. The lowest BCUT2D eigenvalue weighted by atomic mass is 9.97. The van der Waals surface area contributed by atoms with E-state index in [4.69, 9.17) is 11.6 Å². The molecular weight excluding hydrogens is 397 g/mol. The van der Waals surface area contributed by atoms with Gasteiger partial charge in [0.2, 0.25) is 0 Å². The van der Waals surface area contributed by atoms with Crippen molar-refractivity contribution in [3.63, 3.8) is 0 Å². The maximum atomic E-state index is 14.1. The van der Waals surface area contributed by atoms with E-state index in [0.29, 0.717) is 27.9 Å². The van der Waals surface area contributed by atoms with Gasteiger partial charge >= 0.3 is 5.69 Å². The first kappa shape index (κ1) is 19.2. The van der Waals surface area contributed by atoms with Crippen LogP contribution in [0.4, 0.5) is 4.39 Å². The van der Waals surface area contributed by atoms with Crippen molar-refractivity contribution in [2.45, 2.75) is 43.0 Å². The van der Waals surface area contributed by atoms with E-state index in [9.17, 15) is 9.18 Å². The second-order valence-corrected chi connectivity index (χ2v) is 8.14. The third-order valence-electron chi connectivity index (χ3n) is 4.93. The third kappa shape index (κ3) is 3.98. The Labute approximate surface area is 171 Å². The van der Waals surface area contributed by atoms with Gasteiger partial charge in [0.05, 0.1) is 6.54 Å². The number of rotatable bonds is 5. The van der Waals surface area contributed by atoms with Crippen molar-refractivity contribution in [2.75, 3.05) is 0 Å². The number of aromatic nitrogens is 3. The van der Waals surface area contributed by atoms with Crippen LogP contribution in [0.25, 0.3) is 0 Å². The highest BCUT2D eigenvalue weighted by Gasteiger charge is 2.21. The minimum atomic E-state index is -0.334. The largest absolute Gasteiger partial charge is 0.349 e. The summed E-state index contributed by atoms with van der Waals surface area (Å²) in [6.45, 7) is 0.464. The predicted molar refractivity (Wildman–Crippen MR) is 109 cm³/mol. The molecule has 4 rings (SSSR count). The van der Waals surface area contributed by atoms with E-state index < -0.39 is 0 Å². The van der Waals surface area contributed by atoms with Gasteiger partial charge in [-0.3, -0.25) is 9.55 Å². The van der Waals surface area contributed by atoms with Crippen LogP contribution in [-0.4, -0.2) is 14.5 Å². The van der Waals surface area contributed by atoms with Crippen LogP contribution in [0.1, 0.15) is 35.2 Å². The van der Waals surface area contributed by atoms with Crippen LogP contribution >= 0.6 is 23.4 Å². The molecule has 28 heavy (non-hydrogen) atoms. The number of fused-ring (bicyclic) bond motifs is 1. The monoisotopic (exact) mass is 415 g/mol. The van der Waals surface area contributed by atoms with Crippen molar-refractivity contribution in [1.82, 2.24) is 14.5 Å². The van der Waals surface area contributed by atoms with Gasteiger partial charge in [-0.15, -0.1) is 11.8 Å². The summed E-state index contributed by atoms with van der Waals surface area (Å²) in [5.74, 6) is 0.00980. The number of benzene rings is 1. The van der Waals surface area contributed by atoms with Crippen LogP contribution in [0.2, 0.25) is 5.02 Å². The molecule has 0 N–H and O–H groups in total. The van der Waals surface area contributed by atoms with Crippen LogP contribution < -0.4 is 5.69 Å². The normalized spacial score (nSPS) is 13.4. The number of thioether (sulfide) groups is 1. The average molecular weight is 416 g/mol. The van der Waals surface area contributed by atoms with E-state index in [1.807, 2.05) is 12.1 Å². The lowest BCUT2D eigenvalue weighted by Crippen LogP contribution is -2.30. The van der Waals surface area contributed by atoms with Crippen LogP contribution in [0, 0.1) is 5.82 Å². The Kier molecular flexibility index (Phi) is 5.78. The number of nitrogens with zero attached hydrogens (tertiary/aromatic N) is 3. The summed E-state index contributed by atoms with van der Waals surface area (Å²) in [6, 6.07) is 8.48. The minimum absolute atomic E-state index is 0.272. The Balaban J connectivity index is 1.67. The summed E-state index contributed by atoms with van der Waals surface area (Å²) >= 11 is 7.52. The molecule has 0 amide bonds. The summed E-state index contributed by atoms with van der Waals surface area (Å²) in [7, 11) is 0. The summed E-state index contributed by atoms with van der Waals surface area (Å²) < 4.78 is 15.8. The molecule has 144 valence electrons. The van der Waals surface area contributed by atoms with Gasteiger partial charge in [-0.2, -0.15) is 4.98 Å². The first-order chi connectivity index (χ1) is 13.6. The van der Waals surface area contributed by atoms with Gasteiger partial charge in [0.25, 0.3) is 0 Å². The van der Waals surface area contributed by atoms with E-state index in [0.717, 1.165) is 42.5 Å². The average Bonchev–Trinajstić information content (AvgIpc) is 2.71. The van der Waals surface area contributed by atoms with Gasteiger partial charge in [0.1, 0.15) is 10.8 Å². The molecule has 1 aliphatic rings. The highest BCUT2D eigenvalue weighted by Crippen LogP contribution is 2.32. The third-order valence-corrected chi connectivity index (χ3v) is 6.33. The highest BCUT2D eigenvalue weighted by atomic mass is 35.5. The van der Waals surface area contributed by atoms with Crippen LogP contribution in [0.5, 0.6) is 0 Å². The smallest absolute Gasteiger partial charge is 0.291 e. The molecule has 1 aliphatic carbocycles. The van der Waals surface area contributed by atoms with Crippen molar-refractivity contribution in [3.8, 4) is 0 Å². The fourth-order valence-electron chi connectivity index (χ4n) is 3.52. The van der Waals surface area contributed by atoms with Crippen LogP contribution in [-0.2, 0) is 25.1 Å². The zero-order chi connectivity index (χ0) is 19.5. The molecule has 1 aromatic carbocycles. The Morgan fingerprint density at radius 3 is 2.82 bits per heavy atom. The molecule has 2 aromatic heterocycles. The summed E-state index contributed by atoms with van der Waals surface area (Å²) in [5, 5.41) is 1.09. The van der Waals surface area contributed by atoms with Crippen molar-refractivity contribution in [1.29, 1.82) is 0 Å². The maximum Gasteiger partial charge on any atom is 0.349 e.